The number of carbonyl (C=O) groups is 2. The SMILES string of the molecule is COc1ccccc1C1CN(CC(=O)NCCN2CCNC2=O)Cc2ccccc2O1. The number of hydrogen-bond acceptors (Lipinski definition) is 5. The molecule has 0 spiro atoms. The molecule has 1 fully saturated rings. The lowest BCUT2D eigenvalue weighted by Crippen LogP contribution is -2.42. The maximum atomic E-state index is 12.6. The molecule has 2 aromatic rings. The number of amides is 3. The summed E-state index contributed by atoms with van der Waals surface area (Å²) in [6.07, 6.45) is -0.263. The van der Waals surface area contributed by atoms with Gasteiger partial charge in [0.25, 0.3) is 0 Å². The van der Waals surface area contributed by atoms with Gasteiger partial charge in [0.1, 0.15) is 17.6 Å². The van der Waals surface area contributed by atoms with Crippen molar-refractivity contribution in [2.45, 2.75) is 12.6 Å². The molecule has 3 amide bonds. The highest BCUT2D eigenvalue weighted by atomic mass is 16.5. The monoisotopic (exact) mass is 424 g/mol. The summed E-state index contributed by atoms with van der Waals surface area (Å²) in [7, 11) is 1.65. The van der Waals surface area contributed by atoms with E-state index in [2.05, 4.69) is 15.5 Å². The van der Waals surface area contributed by atoms with Crippen molar-refractivity contribution in [1.29, 1.82) is 0 Å². The van der Waals surface area contributed by atoms with Crippen molar-refractivity contribution in [2.24, 2.45) is 0 Å². The molecule has 0 saturated carbocycles. The molecule has 2 heterocycles. The van der Waals surface area contributed by atoms with Gasteiger partial charge in [0.05, 0.1) is 13.7 Å². The summed E-state index contributed by atoms with van der Waals surface area (Å²) < 4.78 is 11.9. The van der Waals surface area contributed by atoms with Crippen LogP contribution in [0.3, 0.4) is 0 Å². The molecule has 2 N–H and O–H groups in total. The summed E-state index contributed by atoms with van der Waals surface area (Å²) in [6.45, 7) is 3.69. The first-order valence-corrected chi connectivity index (χ1v) is 10.5. The van der Waals surface area contributed by atoms with E-state index in [1.54, 1.807) is 12.0 Å². The third-order valence-corrected chi connectivity index (χ3v) is 5.56. The minimum absolute atomic E-state index is 0.0715. The Morgan fingerprint density at radius 1 is 1.23 bits per heavy atom. The molecule has 2 aromatic carbocycles. The van der Waals surface area contributed by atoms with Gasteiger partial charge >= 0.3 is 6.03 Å². The van der Waals surface area contributed by atoms with Gasteiger partial charge < -0.3 is 25.0 Å². The number of benzene rings is 2. The molecule has 8 nitrogen and oxygen atoms in total. The van der Waals surface area contributed by atoms with E-state index in [9.17, 15) is 9.59 Å². The largest absolute Gasteiger partial charge is 0.496 e. The Labute approximate surface area is 182 Å². The van der Waals surface area contributed by atoms with Crippen molar-refractivity contribution in [3.63, 3.8) is 0 Å². The standard InChI is InChI=1S/C23H28N4O4/c1-30-20-9-5-3-7-18(20)21-15-26(14-17-6-2-4-8-19(17)31-21)16-22(28)24-10-12-27-13-11-25-23(27)29/h2-9,21H,10-16H2,1H3,(H,24,28)(H,25,29). The van der Waals surface area contributed by atoms with Gasteiger partial charge in [0.2, 0.25) is 5.91 Å². The van der Waals surface area contributed by atoms with Crippen LogP contribution >= 0.6 is 0 Å². The Morgan fingerprint density at radius 2 is 2.03 bits per heavy atom. The number of ether oxygens (including phenoxy) is 2. The Bertz CT molecular complexity index is 935. The summed E-state index contributed by atoms with van der Waals surface area (Å²) in [4.78, 5) is 28.0. The molecule has 164 valence electrons. The Hall–Kier alpha value is -3.26. The zero-order chi connectivity index (χ0) is 21.6. The number of para-hydroxylation sites is 2. The first-order valence-electron chi connectivity index (χ1n) is 10.5. The average molecular weight is 425 g/mol. The minimum atomic E-state index is -0.263. The van der Waals surface area contributed by atoms with E-state index >= 15 is 0 Å². The van der Waals surface area contributed by atoms with Gasteiger partial charge in [0, 0.05) is 50.4 Å². The van der Waals surface area contributed by atoms with Crippen molar-refractivity contribution in [2.75, 3.05) is 46.4 Å². The molecule has 0 aromatic heterocycles. The predicted octanol–water partition coefficient (Wildman–Crippen LogP) is 1.77. The number of fused-ring (bicyclic) bond motifs is 1. The number of nitrogens with one attached hydrogen (secondary N) is 2. The van der Waals surface area contributed by atoms with Crippen LogP contribution in [0.15, 0.2) is 48.5 Å². The first kappa shape index (κ1) is 21.0. The molecule has 1 saturated heterocycles. The van der Waals surface area contributed by atoms with Gasteiger partial charge in [-0.2, -0.15) is 0 Å². The topological polar surface area (TPSA) is 83.1 Å². The first-order chi connectivity index (χ1) is 15.1. The summed E-state index contributed by atoms with van der Waals surface area (Å²) in [6, 6.07) is 15.6. The van der Waals surface area contributed by atoms with Crippen LogP contribution in [-0.2, 0) is 11.3 Å². The van der Waals surface area contributed by atoms with Gasteiger partial charge in [-0.25, -0.2) is 4.79 Å². The van der Waals surface area contributed by atoms with Crippen LogP contribution in [0.25, 0.3) is 0 Å². The molecular weight excluding hydrogens is 396 g/mol. The number of carbonyl (C=O) groups excluding carboxylic acids is 2. The highest BCUT2D eigenvalue weighted by Gasteiger charge is 2.27. The Morgan fingerprint density at radius 3 is 2.84 bits per heavy atom. The molecule has 31 heavy (non-hydrogen) atoms. The highest BCUT2D eigenvalue weighted by molar-refractivity contribution is 5.78. The molecule has 8 heteroatoms. The van der Waals surface area contributed by atoms with Crippen molar-refractivity contribution in [3.05, 3.63) is 59.7 Å². The van der Waals surface area contributed by atoms with E-state index in [1.807, 2.05) is 48.5 Å². The van der Waals surface area contributed by atoms with Crippen molar-refractivity contribution in [3.8, 4) is 11.5 Å². The molecule has 0 aliphatic carbocycles. The molecule has 1 unspecified atom stereocenters. The van der Waals surface area contributed by atoms with E-state index in [4.69, 9.17) is 9.47 Å². The molecule has 4 rings (SSSR count). The second kappa shape index (κ2) is 9.70. The molecular formula is C23H28N4O4. The van der Waals surface area contributed by atoms with E-state index in [1.165, 1.54) is 0 Å². The molecule has 1 atom stereocenters. The summed E-state index contributed by atoms with van der Waals surface area (Å²) in [5, 5.41) is 5.69. The lowest BCUT2D eigenvalue weighted by atomic mass is 10.1. The van der Waals surface area contributed by atoms with Gasteiger partial charge in [-0.05, 0) is 12.1 Å². The van der Waals surface area contributed by atoms with Gasteiger partial charge in [-0.1, -0.05) is 36.4 Å². The Kier molecular flexibility index (Phi) is 6.57. The summed E-state index contributed by atoms with van der Waals surface area (Å²) in [5.41, 5.74) is 1.99. The normalized spacial score (nSPS) is 18.5. The number of methoxy groups -OCH3 is 1. The zero-order valence-corrected chi connectivity index (χ0v) is 17.7. The fourth-order valence-electron chi connectivity index (χ4n) is 4.01. The second-order valence-electron chi connectivity index (χ2n) is 7.69. The maximum absolute atomic E-state index is 12.6. The number of nitrogens with zero attached hydrogens (tertiary/aromatic N) is 2. The number of rotatable bonds is 7. The van der Waals surface area contributed by atoms with Crippen LogP contribution in [0.4, 0.5) is 4.79 Å². The van der Waals surface area contributed by atoms with E-state index < -0.39 is 0 Å². The van der Waals surface area contributed by atoms with E-state index in [0.717, 1.165) is 22.6 Å². The van der Waals surface area contributed by atoms with Crippen LogP contribution in [0, 0.1) is 0 Å². The van der Waals surface area contributed by atoms with E-state index in [-0.39, 0.29) is 24.6 Å². The van der Waals surface area contributed by atoms with Crippen LogP contribution in [0.1, 0.15) is 17.2 Å². The fraction of sp³-hybridized carbons (Fsp3) is 0.391. The van der Waals surface area contributed by atoms with Crippen molar-refractivity contribution in [1.82, 2.24) is 20.4 Å². The second-order valence-corrected chi connectivity index (χ2v) is 7.69. The van der Waals surface area contributed by atoms with Crippen molar-refractivity contribution < 1.29 is 19.1 Å². The van der Waals surface area contributed by atoms with E-state index in [0.29, 0.717) is 39.3 Å². The number of urea groups is 1. The quantitative estimate of drug-likeness (QED) is 0.708. The van der Waals surface area contributed by atoms with Gasteiger partial charge in [-0.3, -0.25) is 9.69 Å². The Balaban J connectivity index is 1.43. The molecule has 0 bridgehead atoms. The fourth-order valence-corrected chi connectivity index (χ4v) is 4.01. The predicted molar refractivity (Wildman–Crippen MR) is 116 cm³/mol. The van der Waals surface area contributed by atoms with Crippen LogP contribution in [-0.4, -0.2) is 68.1 Å². The molecule has 2 aliphatic rings. The van der Waals surface area contributed by atoms with Crippen LogP contribution < -0.4 is 20.1 Å². The van der Waals surface area contributed by atoms with Gasteiger partial charge in [-0.15, -0.1) is 0 Å². The average Bonchev–Trinajstić information content (AvgIpc) is 3.09. The van der Waals surface area contributed by atoms with Gasteiger partial charge in [0.15, 0.2) is 0 Å². The zero-order valence-electron chi connectivity index (χ0n) is 17.7. The molecule has 0 radical (unpaired) electrons. The molecule has 2 aliphatic heterocycles. The summed E-state index contributed by atoms with van der Waals surface area (Å²) >= 11 is 0. The third kappa shape index (κ3) is 5.08. The van der Waals surface area contributed by atoms with Crippen LogP contribution in [0.2, 0.25) is 0 Å². The summed E-state index contributed by atoms with van der Waals surface area (Å²) in [5.74, 6) is 1.51. The highest BCUT2D eigenvalue weighted by Crippen LogP contribution is 2.34. The minimum Gasteiger partial charge on any atom is -0.496 e. The maximum Gasteiger partial charge on any atom is 0.317 e. The van der Waals surface area contributed by atoms with Crippen molar-refractivity contribution >= 4 is 11.9 Å². The third-order valence-electron chi connectivity index (χ3n) is 5.56. The smallest absolute Gasteiger partial charge is 0.317 e. The number of hydrogen-bond donors (Lipinski definition) is 2. The lowest BCUT2D eigenvalue weighted by Gasteiger charge is -2.25. The van der Waals surface area contributed by atoms with Crippen LogP contribution in [0.5, 0.6) is 11.5 Å². The lowest BCUT2D eigenvalue weighted by molar-refractivity contribution is -0.122.